The van der Waals surface area contributed by atoms with Gasteiger partial charge in [0.1, 0.15) is 12.1 Å². The second-order valence-electron chi connectivity index (χ2n) is 5.65. The van der Waals surface area contributed by atoms with Gasteiger partial charge in [-0.15, -0.1) is 0 Å². The van der Waals surface area contributed by atoms with Gasteiger partial charge in [-0.1, -0.05) is 31.2 Å². The first kappa shape index (κ1) is 18.1. The van der Waals surface area contributed by atoms with Crippen molar-refractivity contribution < 1.29 is 27.5 Å². The summed E-state index contributed by atoms with van der Waals surface area (Å²) in [5.41, 5.74) is -1.95. The van der Waals surface area contributed by atoms with Crippen LogP contribution in [-0.2, 0) is 12.0 Å². The van der Waals surface area contributed by atoms with Gasteiger partial charge in [-0.2, -0.15) is 13.2 Å². The molecule has 0 bridgehead atoms. The summed E-state index contributed by atoms with van der Waals surface area (Å²) in [6, 6.07) is 7.64. The Bertz CT molecular complexity index is 764. The molecule has 0 radical (unpaired) electrons. The fourth-order valence-corrected chi connectivity index (χ4v) is 2.44. The molecule has 0 aliphatic carbocycles. The normalized spacial score (nSPS) is 14.3. The summed E-state index contributed by atoms with van der Waals surface area (Å²) < 4.78 is 53.0. The van der Waals surface area contributed by atoms with E-state index < -0.39 is 23.2 Å². The number of aliphatic hydroxyl groups is 1. The molecule has 1 unspecified atom stereocenters. The van der Waals surface area contributed by atoms with Gasteiger partial charge < -0.3 is 5.11 Å². The zero-order chi connectivity index (χ0) is 18.1. The number of carbonyl (C=O) groups is 1. The number of hydrogen-bond acceptors (Lipinski definition) is 2. The van der Waals surface area contributed by atoms with Crippen molar-refractivity contribution in [1.29, 1.82) is 0 Å². The number of carbonyl (C=O) groups excluding carboxylic acids is 1. The molecule has 1 atom stereocenters. The van der Waals surface area contributed by atoms with Gasteiger partial charge >= 0.3 is 6.18 Å². The highest BCUT2D eigenvalue weighted by Gasteiger charge is 2.51. The fraction of sp³-hybridized carbons (Fsp3) is 0.278. The molecule has 0 aliphatic rings. The Morgan fingerprint density at radius 2 is 1.71 bits per heavy atom. The van der Waals surface area contributed by atoms with Gasteiger partial charge in [0, 0.05) is 11.1 Å². The highest BCUT2D eigenvalue weighted by atomic mass is 19.4. The molecule has 0 heterocycles. The third-order valence-corrected chi connectivity index (χ3v) is 4.02. The lowest BCUT2D eigenvalue weighted by Crippen LogP contribution is -2.39. The number of aryl methyl sites for hydroxylation is 1. The average Bonchev–Trinajstić information content (AvgIpc) is 2.53. The van der Waals surface area contributed by atoms with Crippen molar-refractivity contribution in [1.82, 2.24) is 0 Å². The Labute approximate surface area is 136 Å². The first-order valence-electron chi connectivity index (χ1n) is 7.29. The van der Waals surface area contributed by atoms with E-state index in [0.717, 1.165) is 6.07 Å². The van der Waals surface area contributed by atoms with E-state index in [4.69, 9.17) is 0 Å². The third kappa shape index (κ3) is 3.19. The molecule has 6 heteroatoms. The number of hydrogen-bond donors (Lipinski definition) is 1. The molecule has 0 saturated carbocycles. The minimum atomic E-state index is -4.92. The molecule has 2 nitrogen and oxygen atoms in total. The minimum Gasteiger partial charge on any atom is -0.376 e. The molecule has 0 aromatic heterocycles. The van der Waals surface area contributed by atoms with Crippen LogP contribution < -0.4 is 0 Å². The molecule has 0 saturated heterocycles. The number of rotatable bonds is 4. The highest BCUT2D eigenvalue weighted by Crippen LogP contribution is 2.40. The molecule has 0 amide bonds. The largest absolute Gasteiger partial charge is 0.421 e. The van der Waals surface area contributed by atoms with E-state index in [1.54, 1.807) is 12.1 Å². The molecular weight excluding hydrogens is 324 g/mol. The number of alkyl halides is 3. The van der Waals surface area contributed by atoms with E-state index in [2.05, 4.69) is 0 Å². The summed E-state index contributed by atoms with van der Waals surface area (Å²) in [7, 11) is 0. The van der Waals surface area contributed by atoms with Crippen molar-refractivity contribution in [3.8, 4) is 11.1 Å². The fourth-order valence-electron chi connectivity index (χ4n) is 2.44. The Hall–Kier alpha value is -2.21. The van der Waals surface area contributed by atoms with E-state index in [1.807, 2.05) is 6.92 Å². The molecule has 2 rings (SSSR count). The molecule has 0 spiro atoms. The Balaban J connectivity index is 2.54. The SMILES string of the molecule is CCc1cc(C=O)ccc1-c1ccc(C(C)(O)C(F)(F)F)cc1F. The standard InChI is InChI=1S/C18H16F4O2/c1-3-12-8-11(10-23)4-6-14(12)15-7-5-13(9-16(15)19)17(2,24)18(20,21)22/h4-10,24H,3H2,1-2H3. The average molecular weight is 340 g/mol. The summed E-state index contributed by atoms with van der Waals surface area (Å²) in [6.45, 7) is 2.41. The lowest BCUT2D eigenvalue weighted by atomic mass is 9.91. The van der Waals surface area contributed by atoms with Crippen molar-refractivity contribution in [2.24, 2.45) is 0 Å². The second kappa shape index (κ2) is 6.36. The monoisotopic (exact) mass is 340 g/mol. The van der Waals surface area contributed by atoms with Crippen LogP contribution in [0.15, 0.2) is 36.4 Å². The topological polar surface area (TPSA) is 37.3 Å². The highest BCUT2D eigenvalue weighted by molar-refractivity contribution is 5.79. The summed E-state index contributed by atoms with van der Waals surface area (Å²) in [6.07, 6.45) is -3.72. The summed E-state index contributed by atoms with van der Waals surface area (Å²) in [4.78, 5) is 10.8. The van der Waals surface area contributed by atoms with Gasteiger partial charge in [0.25, 0.3) is 0 Å². The Morgan fingerprint density at radius 1 is 1.08 bits per heavy atom. The van der Waals surface area contributed by atoms with Gasteiger partial charge in [0.15, 0.2) is 5.60 Å². The molecule has 1 N–H and O–H groups in total. The molecule has 0 fully saturated rings. The molecule has 2 aromatic carbocycles. The first-order valence-corrected chi connectivity index (χ1v) is 7.29. The smallest absolute Gasteiger partial charge is 0.376 e. The van der Waals surface area contributed by atoms with Crippen LogP contribution in [0.5, 0.6) is 0 Å². The first-order chi connectivity index (χ1) is 11.1. The molecular formula is C18H16F4O2. The third-order valence-electron chi connectivity index (χ3n) is 4.02. The molecule has 2 aromatic rings. The van der Waals surface area contributed by atoms with Crippen molar-refractivity contribution in [3.05, 3.63) is 58.9 Å². The maximum absolute atomic E-state index is 14.4. The molecule has 24 heavy (non-hydrogen) atoms. The zero-order valence-corrected chi connectivity index (χ0v) is 13.1. The van der Waals surface area contributed by atoms with Gasteiger partial charge in [0.05, 0.1) is 0 Å². The van der Waals surface area contributed by atoms with Gasteiger partial charge in [-0.3, -0.25) is 4.79 Å². The quantitative estimate of drug-likeness (QED) is 0.650. The van der Waals surface area contributed by atoms with Crippen LogP contribution >= 0.6 is 0 Å². The number of benzene rings is 2. The Kier molecular flexibility index (Phi) is 4.80. The summed E-state index contributed by atoms with van der Waals surface area (Å²) in [5, 5.41) is 9.65. The van der Waals surface area contributed by atoms with Crippen LogP contribution in [0.3, 0.4) is 0 Å². The van der Waals surface area contributed by atoms with E-state index in [9.17, 15) is 27.5 Å². The second-order valence-corrected chi connectivity index (χ2v) is 5.65. The number of halogens is 4. The molecule has 128 valence electrons. The minimum absolute atomic E-state index is 0.117. The van der Waals surface area contributed by atoms with Crippen LogP contribution in [0.4, 0.5) is 17.6 Å². The van der Waals surface area contributed by atoms with Crippen molar-refractivity contribution in [3.63, 3.8) is 0 Å². The number of aldehydes is 1. The van der Waals surface area contributed by atoms with E-state index >= 15 is 0 Å². The van der Waals surface area contributed by atoms with Crippen molar-refractivity contribution in [2.75, 3.05) is 0 Å². The lowest BCUT2D eigenvalue weighted by Gasteiger charge is -2.27. The maximum atomic E-state index is 14.4. The van der Waals surface area contributed by atoms with Gasteiger partial charge in [0.2, 0.25) is 0 Å². The molecule has 0 aliphatic heterocycles. The van der Waals surface area contributed by atoms with E-state index in [1.165, 1.54) is 12.1 Å². The maximum Gasteiger partial charge on any atom is 0.421 e. The van der Waals surface area contributed by atoms with Crippen LogP contribution in [-0.4, -0.2) is 17.6 Å². The van der Waals surface area contributed by atoms with Crippen molar-refractivity contribution >= 4 is 6.29 Å². The van der Waals surface area contributed by atoms with Crippen LogP contribution in [0.25, 0.3) is 11.1 Å². The Morgan fingerprint density at radius 3 is 2.21 bits per heavy atom. The van der Waals surface area contributed by atoms with Gasteiger partial charge in [-0.25, -0.2) is 4.39 Å². The van der Waals surface area contributed by atoms with Gasteiger partial charge in [-0.05, 0) is 42.2 Å². The predicted octanol–water partition coefficient (Wildman–Crippen LogP) is 4.64. The van der Waals surface area contributed by atoms with Crippen LogP contribution in [0.2, 0.25) is 0 Å². The van der Waals surface area contributed by atoms with Crippen LogP contribution in [0.1, 0.15) is 35.3 Å². The summed E-state index contributed by atoms with van der Waals surface area (Å²) >= 11 is 0. The zero-order valence-electron chi connectivity index (χ0n) is 13.1. The van der Waals surface area contributed by atoms with Crippen molar-refractivity contribution in [2.45, 2.75) is 32.0 Å². The lowest BCUT2D eigenvalue weighted by molar-refractivity contribution is -0.258. The van der Waals surface area contributed by atoms with E-state index in [-0.39, 0.29) is 5.56 Å². The summed E-state index contributed by atoms with van der Waals surface area (Å²) in [5.74, 6) is -0.870. The van der Waals surface area contributed by atoms with Crippen LogP contribution in [0, 0.1) is 5.82 Å². The van der Waals surface area contributed by atoms with E-state index in [0.29, 0.717) is 42.4 Å². The predicted molar refractivity (Wildman–Crippen MR) is 82.2 cm³/mol.